The van der Waals surface area contributed by atoms with E-state index in [9.17, 15) is 9.90 Å². The summed E-state index contributed by atoms with van der Waals surface area (Å²) in [7, 11) is 0. The first-order chi connectivity index (χ1) is 10.2. The van der Waals surface area contributed by atoms with Gasteiger partial charge in [0.25, 0.3) is 5.56 Å². The highest BCUT2D eigenvalue weighted by atomic mass is 16.3. The lowest BCUT2D eigenvalue weighted by Crippen LogP contribution is -2.21. The van der Waals surface area contributed by atoms with Gasteiger partial charge in [-0.05, 0) is 12.3 Å². The number of nitrogens with one attached hydrogen (secondary N) is 2. The van der Waals surface area contributed by atoms with E-state index in [1.807, 2.05) is 20.0 Å². The maximum atomic E-state index is 11.6. The molecule has 0 spiro atoms. The van der Waals surface area contributed by atoms with Gasteiger partial charge in [-0.25, -0.2) is 4.98 Å². The molecule has 0 saturated carbocycles. The predicted octanol–water partition coefficient (Wildman–Crippen LogP) is 1.48. The van der Waals surface area contributed by atoms with Crippen molar-refractivity contribution >= 4 is 11.0 Å². The Morgan fingerprint density at radius 1 is 1.38 bits per heavy atom. The molecule has 1 aliphatic heterocycles. The van der Waals surface area contributed by atoms with Crippen LogP contribution in [0.5, 0.6) is 0 Å². The van der Waals surface area contributed by atoms with Gasteiger partial charge >= 0.3 is 0 Å². The Morgan fingerprint density at radius 2 is 2.14 bits per heavy atom. The summed E-state index contributed by atoms with van der Waals surface area (Å²) in [5, 5.41) is 9.93. The molecule has 1 aliphatic rings. The van der Waals surface area contributed by atoms with Gasteiger partial charge in [-0.15, -0.1) is 0 Å². The second-order valence-electron chi connectivity index (χ2n) is 5.20. The molecule has 0 amide bonds. The average Bonchev–Trinajstić information content (AvgIpc) is 3.06. The van der Waals surface area contributed by atoms with Crippen LogP contribution < -0.4 is 5.56 Å². The van der Waals surface area contributed by atoms with Gasteiger partial charge in [0, 0.05) is 31.4 Å². The van der Waals surface area contributed by atoms with Crippen molar-refractivity contribution in [3.05, 3.63) is 28.4 Å². The number of likely N-dealkylation sites (tertiary alicyclic amines) is 1. The Balaban J connectivity index is 0.000000774. The van der Waals surface area contributed by atoms with E-state index >= 15 is 0 Å². The lowest BCUT2D eigenvalue weighted by molar-refractivity contribution is 0.139. The molecule has 0 radical (unpaired) electrons. The third kappa shape index (κ3) is 3.16. The fourth-order valence-corrected chi connectivity index (χ4v) is 2.84. The maximum Gasteiger partial charge on any atom is 0.275 e. The molecule has 1 saturated heterocycles. The molecule has 3 rings (SSSR count). The predicted molar refractivity (Wildman–Crippen MR) is 83.1 cm³/mol. The Kier molecular flexibility index (Phi) is 5.14. The third-order valence-electron chi connectivity index (χ3n) is 3.95. The molecule has 116 valence electrons. The summed E-state index contributed by atoms with van der Waals surface area (Å²) < 4.78 is 0. The van der Waals surface area contributed by atoms with Crippen molar-refractivity contribution < 1.29 is 5.11 Å². The van der Waals surface area contributed by atoms with E-state index in [1.54, 1.807) is 0 Å². The molecule has 3 heterocycles. The fraction of sp³-hybridized carbons (Fsp3) is 0.600. The Labute approximate surface area is 124 Å². The topological polar surface area (TPSA) is 85.0 Å². The SMILES string of the molecule is CC.CC[C@@H]1CN(Cc2c[nH]c3c(=O)[nH]cnc23)C[C@H]1O. The summed E-state index contributed by atoms with van der Waals surface area (Å²) in [6.07, 6.45) is 4.00. The van der Waals surface area contributed by atoms with Crippen molar-refractivity contribution in [3.8, 4) is 0 Å². The van der Waals surface area contributed by atoms with Gasteiger partial charge in [-0.1, -0.05) is 20.8 Å². The zero-order valence-corrected chi connectivity index (χ0v) is 12.9. The quantitative estimate of drug-likeness (QED) is 0.800. The van der Waals surface area contributed by atoms with E-state index in [2.05, 4.69) is 26.8 Å². The standard InChI is InChI=1S/C13H18N4O2.C2H6/c1-2-8-4-17(6-10(8)18)5-9-3-14-12-11(9)15-7-16-13(12)19;1-2/h3,7-8,10,14,18H,2,4-6H2,1H3,(H,15,16,19);1-2H3/t8-,10-;/m1./s1. The fourth-order valence-electron chi connectivity index (χ4n) is 2.84. The molecule has 3 N–H and O–H groups in total. The summed E-state index contributed by atoms with van der Waals surface area (Å²) in [4.78, 5) is 23.6. The molecule has 0 bridgehead atoms. The molecule has 6 nitrogen and oxygen atoms in total. The third-order valence-corrected chi connectivity index (χ3v) is 3.95. The van der Waals surface area contributed by atoms with Crippen LogP contribution in [0, 0.1) is 5.92 Å². The molecule has 2 aromatic rings. The Hall–Kier alpha value is -1.66. The zero-order valence-electron chi connectivity index (χ0n) is 12.9. The minimum atomic E-state index is -0.244. The van der Waals surface area contributed by atoms with Gasteiger partial charge in [0.15, 0.2) is 0 Å². The van der Waals surface area contributed by atoms with Crippen molar-refractivity contribution in [3.63, 3.8) is 0 Å². The Morgan fingerprint density at radius 3 is 2.81 bits per heavy atom. The first-order valence-electron chi connectivity index (χ1n) is 7.63. The number of aliphatic hydroxyl groups excluding tert-OH is 1. The second kappa shape index (κ2) is 6.87. The summed E-state index contributed by atoms with van der Waals surface area (Å²) in [6.45, 7) is 8.40. The van der Waals surface area contributed by atoms with Crippen molar-refractivity contribution in [2.45, 2.75) is 39.8 Å². The highest BCUT2D eigenvalue weighted by molar-refractivity contribution is 5.77. The van der Waals surface area contributed by atoms with Crippen LogP contribution >= 0.6 is 0 Å². The maximum absolute atomic E-state index is 11.6. The molecule has 2 aromatic heterocycles. The number of β-amino-alcohol motifs (C(OH)–C–C–N with tert-alkyl or cyclic N) is 1. The number of aromatic amines is 2. The van der Waals surface area contributed by atoms with Crippen LogP contribution in [0.15, 0.2) is 17.3 Å². The van der Waals surface area contributed by atoms with E-state index in [-0.39, 0.29) is 11.7 Å². The van der Waals surface area contributed by atoms with Gasteiger partial charge < -0.3 is 15.1 Å². The molecular formula is C15H24N4O2. The molecule has 0 aromatic carbocycles. The van der Waals surface area contributed by atoms with E-state index in [0.717, 1.165) is 24.0 Å². The van der Waals surface area contributed by atoms with Crippen LogP contribution in [0.2, 0.25) is 0 Å². The van der Waals surface area contributed by atoms with Gasteiger partial charge in [0.2, 0.25) is 0 Å². The van der Waals surface area contributed by atoms with Crippen LogP contribution in [-0.4, -0.2) is 44.2 Å². The minimum absolute atomic E-state index is 0.149. The monoisotopic (exact) mass is 292 g/mol. The highest BCUT2D eigenvalue weighted by Crippen LogP contribution is 2.23. The number of H-pyrrole nitrogens is 2. The molecule has 6 heteroatoms. The van der Waals surface area contributed by atoms with Crippen LogP contribution in [0.3, 0.4) is 0 Å². The summed E-state index contributed by atoms with van der Waals surface area (Å²) in [6, 6.07) is 0. The molecular weight excluding hydrogens is 268 g/mol. The minimum Gasteiger partial charge on any atom is -0.391 e. The van der Waals surface area contributed by atoms with Crippen LogP contribution in [-0.2, 0) is 6.54 Å². The summed E-state index contributed by atoms with van der Waals surface area (Å²) in [5.74, 6) is 0.349. The number of hydrogen-bond acceptors (Lipinski definition) is 4. The lowest BCUT2D eigenvalue weighted by Gasteiger charge is -2.14. The number of rotatable bonds is 3. The van der Waals surface area contributed by atoms with Crippen molar-refractivity contribution in [2.24, 2.45) is 5.92 Å². The average molecular weight is 292 g/mol. The van der Waals surface area contributed by atoms with E-state index in [4.69, 9.17) is 0 Å². The van der Waals surface area contributed by atoms with E-state index < -0.39 is 0 Å². The second-order valence-corrected chi connectivity index (χ2v) is 5.20. The van der Waals surface area contributed by atoms with Crippen molar-refractivity contribution in [2.75, 3.05) is 13.1 Å². The van der Waals surface area contributed by atoms with E-state index in [1.165, 1.54) is 6.33 Å². The zero-order chi connectivity index (χ0) is 15.4. The highest BCUT2D eigenvalue weighted by Gasteiger charge is 2.30. The lowest BCUT2D eigenvalue weighted by atomic mass is 10.0. The van der Waals surface area contributed by atoms with Gasteiger partial charge in [0.05, 0.1) is 17.9 Å². The number of aliphatic hydroxyl groups is 1. The van der Waals surface area contributed by atoms with Crippen LogP contribution in [0.4, 0.5) is 0 Å². The largest absolute Gasteiger partial charge is 0.391 e. The smallest absolute Gasteiger partial charge is 0.275 e. The first-order valence-corrected chi connectivity index (χ1v) is 7.63. The molecule has 21 heavy (non-hydrogen) atoms. The molecule has 0 unspecified atom stereocenters. The number of hydrogen-bond donors (Lipinski definition) is 3. The van der Waals surface area contributed by atoms with Crippen LogP contribution in [0.25, 0.3) is 11.0 Å². The normalized spacial score (nSPS) is 22.3. The summed E-state index contributed by atoms with van der Waals surface area (Å²) in [5.41, 5.74) is 2.09. The number of aromatic nitrogens is 3. The van der Waals surface area contributed by atoms with Gasteiger partial charge in [-0.2, -0.15) is 0 Å². The number of fused-ring (bicyclic) bond motifs is 1. The van der Waals surface area contributed by atoms with E-state index in [0.29, 0.717) is 24.5 Å². The van der Waals surface area contributed by atoms with Gasteiger partial charge in [-0.3, -0.25) is 9.69 Å². The molecule has 0 aliphatic carbocycles. The number of nitrogens with zero attached hydrogens (tertiary/aromatic N) is 2. The van der Waals surface area contributed by atoms with Crippen molar-refractivity contribution in [1.82, 2.24) is 19.9 Å². The van der Waals surface area contributed by atoms with Crippen LogP contribution in [0.1, 0.15) is 32.8 Å². The molecule has 2 atom stereocenters. The molecule has 1 fully saturated rings. The van der Waals surface area contributed by atoms with Crippen molar-refractivity contribution in [1.29, 1.82) is 0 Å². The van der Waals surface area contributed by atoms with Gasteiger partial charge in [0.1, 0.15) is 5.52 Å². The first kappa shape index (κ1) is 15.7. The summed E-state index contributed by atoms with van der Waals surface area (Å²) >= 11 is 0. The Bertz CT molecular complexity index is 634.